The zero-order valence-corrected chi connectivity index (χ0v) is 10.2. The average molecular weight is 239 g/mol. The lowest BCUT2D eigenvalue weighted by Crippen LogP contribution is -2.10. The maximum atomic E-state index is 12.7. The van der Waals surface area contributed by atoms with Crippen LogP contribution in [0.25, 0.3) is 0 Å². The summed E-state index contributed by atoms with van der Waals surface area (Å²) in [5.74, 6) is -1.97. The lowest BCUT2D eigenvalue weighted by molar-refractivity contribution is 0.0133. The minimum atomic E-state index is -2.56. The van der Waals surface area contributed by atoms with Crippen LogP contribution in [0.1, 0.15) is 36.8 Å². The van der Waals surface area contributed by atoms with Gasteiger partial charge in [0.2, 0.25) is 5.92 Å². The topological polar surface area (TPSA) is 12.0 Å². The van der Waals surface area contributed by atoms with Crippen molar-refractivity contribution in [1.29, 1.82) is 0 Å². The molecule has 1 atom stereocenters. The van der Waals surface area contributed by atoms with Gasteiger partial charge in [0, 0.05) is 13.0 Å². The van der Waals surface area contributed by atoms with E-state index in [2.05, 4.69) is 17.4 Å². The fourth-order valence-electron chi connectivity index (χ4n) is 2.26. The van der Waals surface area contributed by atoms with Gasteiger partial charge < -0.3 is 5.32 Å². The van der Waals surface area contributed by atoms with E-state index < -0.39 is 5.92 Å². The van der Waals surface area contributed by atoms with Crippen LogP contribution < -0.4 is 5.32 Å². The van der Waals surface area contributed by atoms with Crippen molar-refractivity contribution in [3.05, 3.63) is 35.4 Å². The van der Waals surface area contributed by atoms with Crippen LogP contribution in [-0.2, 0) is 6.42 Å². The van der Waals surface area contributed by atoms with Gasteiger partial charge in [-0.3, -0.25) is 0 Å². The molecule has 1 aliphatic rings. The number of halogens is 2. The van der Waals surface area contributed by atoms with E-state index in [4.69, 9.17) is 0 Å². The molecule has 1 N–H and O–H groups in total. The van der Waals surface area contributed by atoms with E-state index in [-0.39, 0.29) is 6.42 Å². The van der Waals surface area contributed by atoms with Gasteiger partial charge in [0.15, 0.2) is 0 Å². The van der Waals surface area contributed by atoms with E-state index >= 15 is 0 Å². The van der Waals surface area contributed by atoms with Crippen LogP contribution in [0.3, 0.4) is 0 Å². The average Bonchev–Trinajstić information content (AvgIpc) is 2.79. The molecule has 94 valence electrons. The van der Waals surface area contributed by atoms with E-state index in [1.165, 1.54) is 12.0 Å². The first kappa shape index (κ1) is 12.5. The summed E-state index contributed by atoms with van der Waals surface area (Å²) < 4.78 is 25.4. The maximum absolute atomic E-state index is 12.7. The van der Waals surface area contributed by atoms with Gasteiger partial charge in [-0.05, 0) is 43.4 Å². The smallest absolute Gasteiger partial charge is 0.245 e. The minimum absolute atomic E-state index is 0.0721. The van der Waals surface area contributed by atoms with E-state index in [1.807, 2.05) is 12.1 Å². The molecule has 0 amide bonds. The Morgan fingerprint density at radius 1 is 1.29 bits per heavy atom. The summed E-state index contributed by atoms with van der Waals surface area (Å²) in [6.07, 6.45) is 1.55. The van der Waals surface area contributed by atoms with Crippen LogP contribution in [0.4, 0.5) is 8.78 Å². The molecule has 0 bridgehead atoms. The van der Waals surface area contributed by atoms with Crippen LogP contribution in [0.5, 0.6) is 0 Å². The van der Waals surface area contributed by atoms with Gasteiger partial charge in [-0.15, -0.1) is 0 Å². The first-order valence-corrected chi connectivity index (χ1v) is 6.22. The Hall–Kier alpha value is -0.960. The van der Waals surface area contributed by atoms with Crippen molar-refractivity contribution >= 4 is 0 Å². The van der Waals surface area contributed by atoms with Crippen molar-refractivity contribution < 1.29 is 8.78 Å². The third-order valence-corrected chi connectivity index (χ3v) is 3.36. The number of nitrogens with one attached hydrogen (secondary N) is 1. The van der Waals surface area contributed by atoms with Crippen LogP contribution in [0.15, 0.2) is 24.3 Å². The lowest BCUT2D eigenvalue weighted by atomic mass is 9.96. The number of hydrogen-bond donors (Lipinski definition) is 1. The van der Waals surface area contributed by atoms with E-state index in [0.29, 0.717) is 12.3 Å². The highest BCUT2D eigenvalue weighted by Crippen LogP contribution is 2.24. The molecule has 1 aliphatic heterocycles. The summed E-state index contributed by atoms with van der Waals surface area (Å²) in [4.78, 5) is 0. The molecular formula is C14H19F2N. The minimum Gasteiger partial charge on any atom is -0.316 e. The zero-order valence-electron chi connectivity index (χ0n) is 10.2. The second-order valence-electron chi connectivity index (χ2n) is 5.00. The van der Waals surface area contributed by atoms with Gasteiger partial charge in [-0.1, -0.05) is 24.3 Å². The molecule has 1 heterocycles. The zero-order chi connectivity index (χ0) is 12.3. The second-order valence-corrected chi connectivity index (χ2v) is 5.00. The van der Waals surface area contributed by atoms with Crippen molar-refractivity contribution in [3.8, 4) is 0 Å². The highest BCUT2D eigenvalue weighted by atomic mass is 19.3. The summed E-state index contributed by atoms with van der Waals surface area (Å²) in [6, 6.07) is 8.14. The summed E-state index contributed by atoms with van der Waals surface area (Å²) >= 11 is 0. The molecule has 0 radical (unpaired) electrons. The van der Waals surface area contributed by atoms with Crippen molar-refractivity contribution in [2.75, 3.05) is 13.1 Å². The van der Waals surface area contributed by atoms with Gasteiger partial charge in [0.05, 0.1) is 0 Å². The molecule has 0 saturated carbocycles. The molecule has 0 spiro atoms. The first-order chi connectivity index (χ1) is 8.04. The molecule has 1 unspecified atom stereocenters. The van der Waals surface area contributed by atoms with Crippen molar-refractivity contribution in [1.82, 2.24) is 5.32 Å². The molecule has 1 nitrogen and oxygen atoms in total. The fraction of sp³-hybridized carbons (Fsp3) is 0.571. The molecule has 3 heteroatoms. The Morgan fingerprint density at radius 2 is 2.00 bits per heavy atom. The summed E-state index contributed by atoms with van der Waals surface area (Å²) in [5, 5.41) is 3.33. The number of hydrogen-bond acceptors (Lipinski definition) is 1. The first-order valence-electron chi connectivity index (χ1n) is 6.22. The van der Waals surface area contributed by atoms with Crippen molar-refractivity contribution in [3.63, 3.8) is 0 Å². The largest absolute Gasteiger partial charge is 0.316 e. The molecule has 1 aromatic carbocycles. The Labute approximate surface area is 101 Å². The van der Waals surface area contributed by atoms with E-state index in [9.17, 15) is 8.78 Å². The van der Waals surface area contributed by atoms with Crippen LogP contribution in [0.2, 0.25) is 0 Å². The second kappa shape index (κ2) is 5.13. The molecule has 0 aliphatic carbocycles. The maximum Gasteiger partial charge on any atom is 0.245 e. The highest BCUT2D eigenvalue weighted by Gasteiger charge is 2.20. The fourth-order valence-corrected chi connectivity index (χ4v) is 2.26. The molecule has 2 rings (SSSR count). The summed E-state index contributed by atoms with van der Waals surface area (Å²) in [6.45, 7) is 3.09. The Bertz CT molecular complexity index is 347. The molecular weight excluding hydrogens is 220 g/mol. The number of aryl methyl sites for hydroxylation is 1. The monoisotopic (exact) mass is 239 g/mol. The SMILES string of the molecule is CC(F)(F)CCc1ccc(C2CCNC2)cc1. The standard InChI is InChI=1S/C14H19F2N/c1-14(15,16)8-6-11-2-4-12(5-3-11)13-7-9-17-10-13/h2-5,13,17H,6-10H2,1H3. The van der Waals surface area contributed by atoms with Crippen LogP contribution in [-0.4, -0.2) is 19.0 Å². The third-order valence-electron chi connectivity index (χ3n) is 3.36. The highest BCUT2D eigenvalue weighted by molar-refractivity contribution is 5.26. The van der Waals surface area contributed by atoms with Crippen molar-refractivity contribution in [2.24, 2.45) is 0 Å². The Balaban J connectivity index is 1.93. The summed E-state index contributed by atoms with van der Waals surface area (Å²) in [7, 11) is 0. The predicted molar refractivity (Wildman–Crippen MR) is 65.6 cm³/mol. The van der Waals surface area contributed by atoms with Crippen LogP contribution >= 0.6 is 0 Å². The quantitative estimate of drug-likeness (QED) is 0.849. The number of rotatable bonds is 4. The number of alkyl halides is 2. The van der Waals surface area contributed by atoms with Gasteiger partial charge in [-0.2, -0.15) is 0 Å². The normalized spacial score (nSPS) is 20.8. The Morgan fingerprint density at radius 3 is 2.53 bits per heavy atom. The van der Waals surface area contributed by atoms with Gasteiger partial charge in [0.1, 0.15) is 0 Å². The summed E-state index contributed by atoms with van der Waals surface area (Å²) in [5.41, 5.74) is 2.32. The van der Waals surface area contributed by atoms with Gasteiger partial charge in [-0.25, -0.2) is 8.78 Å². The van der Waals surface area contributed by atoms with Gasteiger partial charge in [0.25, 0.3) is 0 Å². The van der Waals surface area contributed by atoms with E-state index in [0.717, 1.165) is 25.6 Å². The van der Waals surface area contributed by atoms with Crippen LogP contribution in [0, 0.1) is 0 Å². The molecule has 17 heavy (non-hydrogen) atoms. The lowest BCUT2D eigenvalue weighted by Gasteiger charge is -2.12. The predicted octanol–water partition coefficient (Wildman–Crippen LogP) is 3.35. The van der Waals surface area contributed by atoms with E-state index in [1.54, 1.807) is 0 Å². The third kappa shape index (κ3) is 3.77. The molecule has 1 fully saturated rings. The Kier molecular flexibility index (Phi) is 3.77. The van der Waals surface area contributed by atoms with Gasteiger partial charge >= 0.3 is 0 Å². The molecule has 1 saturated heterocycles. The number of benzene rings is 1. The van der Waals surface area contributed by atoms with Crippen molar-refractivity contribution in [2.45, 2.75) is 38.0 Å². The molecule has 1 aromatic rings. The molecule has 0 aromatic heterocycles.